The smallest absolute Gasteiger partial charge is 0.319 e. The third-order valence-electron chi connectivity index (χ3n) is 5.45. The number of hydrogen-bond acceptors (Lipinski definition) is 4. The first-order valence-corrected chi connectivity index (χ1v) is 9.34. The fraction of sp³-hybridized carbons (Fsp3) is 0.632. The van der Waals surface area contributed by atoms with Crippen molar-refractivity contribution in [2.45, 2.75) is 37.6 Å². The fourth-order valence-corrected chi connectivity index (χ4v) is 4.02. The van der Waals surface area contributed by atoms with E-state index in [0.29, 0.717) is 12.2 Å². The second-order valence-electron chi connectivity index (χ2n) is 7.04. The standard InChI is InChI=1S/C19H28FN3O3/c1-25-17-6-5-15(13-16(17)20)22-18(24)21-14-19(7-3-2-4-8-19)23-9-11-26-12-10-23/h5-6,13H,2-4,7-12,14H2,1H3,(H2,21,22,24). The zero-order valence-corrected chi connectivity index (χ0v) is 15.4. The Labute approximate surface area is 154 Å². The van der Waals surface area contributed by atoms with Crippen molar-refractivity contribution in [1.82, 2.24) is 10.2 Å². The lowest BCUT2D eigenvalue weighted by molar-refractivity contribution is -0.0356. The van der Waals surface area contributed by atoms with Gasteiger partial charge in [0.25, 0.3) is 0 Å². The van der Waals surface area contributed by atoms with Crippen molar-refractivity contribution in [2.75, 3.05) is 45.3 Å². The number of urea groups is 1. The summed E-state index contributed by atoms with van der Waals surface area (Å²) in [6, 6.07) is 4.07. The number of morpholine rings is 1. The summed E-state index contributed by atoms with van der Waals surface area (Å²) in [5.41, 5.74) is 0.412. The van der Waals surface area contributed by atoms with Gasteiger partial charge in [-0.25, -0.2) is 9.18 Å². The Balaban J connectivity index is 1.59. The zero-order chi connectivity index (χ0) is 18.4. The van der Waals surface area contributed by atoms with E-state index in [1.54, 1.807) is 6.07 Å². The Morgan fingerprint density at radius 3 is 2.65 bits per heavy atom. The van der Waals surface area contributed by atoms with Crippen LogP contribution in [0.1, 0.15) is 32.1 Å². The molecule has 26 heavy (non-hydrogen) atoms. The second kappa shape index (κ2) is 8.68. The molecule has 3 rings (SSSR count). The van der Waals surface area contributed by atoms with Crippen molar-refractivity contribution in [2.24, 2.45) is 0 Å². The van der Waals surface area contributed by atoms with Crippen molar-refractivity contribution in [3.8, 4) is 5.75 Å². The number of carbonyl (C=O) groups excluding carboxylic acids is 1. The third kappa shape index (κ3) is 4.45. The lowest BCUT2D eigenvalue weighted by Crippen LogP contribution is -2.60. The number of nitrogens with zero attached hydrogens (tertiary/aromatic N) is 1. The number of methoxy groups -OCH3 is 1. The normalized spacial score (nSPS) is 20.4. The first-order chi connectivity index (χ1) is 12.6. The molecular weight excluding hydrogens is 337 g/mol. The molecule has 2 N–H and O–H groups in total. The summed E-state index contributed by atoms with van der Waals surface area (Å²) >= 11 is 0. The van der Waals surface area contributed by atoms with Gasteiger partial charge in [0.05, 0.1) is 20.3 Å². The highest BCUT2D eigenvalue weighted by atomic mass is 19.1. The molecule has 1 aromatic rings. The Morgan fingerprint density at radius 1 is 1.27 bits per heavy atom. The number of ether oxygens (including phenoxy) is 2. The lowest BCUT2D eigenvalue weighted by atomic mass is 9.80. The van der Waals surface area contributed by atoms with E-state index < -0.39 is 5.82 Å². The maximum absolute atomic E-state index is 13.8. The van der Waals surface area contributed by atoms with Crippen molar-refractivity contribution in [1.29, 1.82) is 0 Å². The highest BCUT2D eigenvalue weighted by Crippen LogP contribution is 2.34. The van der Waals surface area contributed by atoms with Gasteiger partial charge in [-0.15, -0.1) is 0 Å². The number of nitrogens with one attached hydrogen (secondary N) is 2. The van der Waals surface area contributed by atoms with E-state index in [1.165, 1.54) is 38.5 Å². The minimum absolute atomic E-state index is 0.00449. The van der Waals surface area contributed by atoms with Gasteiger partial charge in [-0.1, -0.05) is 19.3 Å². The van der Waals surface area contributed by atoms with E-state index in [0.717, 1.165) is 39.1 Å². The molecule has 0 spiro atoms. The summed E-state index contributed by atoms with van der Waals surface area (Å²) in [5, 5.41) is 5.71. The van der Waals surface area contributed by atoms with Crippen LogP contribution in [0.25, 0.3) is 0 Å². The van der Waals surface area contributed by atoms with Gasteiger partial charge in [-0.05, 0) is 25.0 Å². The SMILES string of the molecule is COc1ccc(NC(=O)NCC2(N3CCOCC3)CCCCC2)cc1F. The molecule has 0 bridgehead atoms. The number of anilines is 1. The molecule has 1 aliphatic heterocycles. The molecule has 1 saturated heterocycles. The monoisotopic (exact) mass is 365 g/mol. The van der Waals surface area contributed by atoms with Crippen LogP contribution in [0.3, 0.4) is 0 Å². The summed E-state index contributed by atoms with van der Waals surface area (Å²) in [6.45, 7) is 3.91. The molecule has 1 heterocycles. The van der Waals surface area contributed by atoms with E-state index in [4.69, 9.17) is 9.47 Å². The summed E-state index contributed by atoms with van der Waals surface area (Å²) in [4.78, 5) is 14.8. The number of halogens is 1. The Hall–Kier alpha value is -1.86. The van der Waals surface area contributed by atoms with E-state index in [9.17, 15) is 9.18 Å². The fourth-order valence-electron chi connectivity index (χ4n) is 4.02. The molecule has 2 aliphatic rings. The Kier molecular flexibility index (Phi) is 6.32. The van der Waals surface area contributed by atoms with Crippen molar-refractivity contribution in [3.63, 3.8) is 0 Å². The summed E-state index contributed by atoms with van der Waals surface area (Å²) in [7, 11) is 1.41. The first-order valence-electron chi connectivity index (χ1n) is 9.34. The van der Waals surface area contributed by atoms with Gasteiger partial charge in [-0.3, -0.25) is 4.90 Å². The molecule has 0 atom stereocenters. The van der Waals surface area contributed by atoms with Gasteiger partial charge in [-0.2, -0.15) is 0 Å². The highest BCUT2D eigenvalue weighted by Gasteiger charge is 2.38. The molecule has 2 fully saturated rings. The summed E-state index contributed by atoms with van der Waals surface area (Å²) < 4.78 is 24.1. The Morgan fingerprint density at radius 2 is 2.00 bits per heavy atom. The number of hydrogen-bond donors (Lipinski definition) is 2. The van der Waals surface area contributed by atoms with Gasteiger partial charge in [0.15, 0.2) is 11.6 Å². The van der Waals surface area contributed by atoms with Crippen LogP contribution in [0, 0.1) is 5.82 Å². The van der Waals surface area contributed by atoms with E-state index in [-0.39, 0.29) is 17.3 Å². The van der Waals surface area contributed by atoms with Crippen LogP contribution in [-0.2, 0) is 4.74 Å². The highest BCUT2D eigenvalue weighted by molar-refractivity contribution is 5.89. The van der Waals surface area contributed by atoms with Crippen LogP contribution in [-0.4, -0.2) is 56.4 Å². The number of amides is 2. The topological polar surface area (TPSA) is 62.8 Å². The number of carbonyl (C=O) groups is 1. The maximum Gasteiger partial charge on any atom is 0.319 e. The molecule has 144 valence electrons. The number of rotatable bonds is 5. The molecule has 7 heteroatoms. The largest absolute Gasteiger partial charge is 0.494 e. The number of benzene rings is 1. The van der Waals surface area contributed by atoms with E-state index in [1.807, 2.05) is 0 Å². The van der Waals surface area contributed by atoms with Crippen LogP contribution in [0.4, 0.5) is 14.9 Å². The van der Waals surface area contributed by atoms with Crippen molar-refractivity contribution in [3.05, 3.63) is 24.0 Å². The van der Waals surface area contributed by atoms with Gasteiger partial charge in [0.1, 0.15) is 0 Å². The molecule has 1 aromatic carbocycles. The van der Waals surface area contributed by atoms with Gasteiger partial charge >= 0.3 is 6.03 Å². The second-order valence-corrected chi connectivity index (χ2v) is 7.04. The van der Waals surface area contributed by atoms with Gasteiger partial charge in [0.2, 0.25) is 0 Å². The Bertz CT molecular complexity index is 614. The van der Waals surface area contributed by atoms with Crippen LogP contribution in [0.15, 0.2) is 18.2 Å². The van der Waals surface area contributed by atoms with Crippen LogP contribution < -0.4 is 15.4 Å². The maximum atomic E-state index is 13.8. The summed E-state index contributed by atoms with van der Waals surface area (Å²) in [5.74, 6) is -0.341. The predicted molar refractivity (Wildman–Crippen MR) is 98.2 cm³/mol. The molecule has 6 nitrogen and oxygen atoms in total. The van der Waals surface area contributed by atoms with Crippen LogP contribution in [0.5, 0.6) is 5.75 Å². The average molecular weight is 365 g/mol. The third-order valence-corrected chi connectivity index (χ3v) is 5.45. The van der Waals surface area contributed by atoms with Crippen LogP contribution >= 0.6 is 0 Å². The predicted octanol–water partition coefficient (Wildman–Crippen LogP) is 2.99. The average Bonchev–Trinajstić information content (AvgIpc) is 2.68. The van der Waals surface area contributed by atoms with Gasteiger partial charge in [0, 0.05) is 36.9 Å². The van der Waals surface area contributed by atoms with Crippen LogP contribution in [0.2, 0.25) is 0 Å². The van der Waals surface area contributed by atoms with Crippen molar-refractivity contribution >= 4 is 11.7 Å². The molecule has 1 aliphatic carbocycles. The molecular formula is C19H28FN3O3. The first kappa shape index (κ1) is 18.9. The van der Waals surface area contributed by atoms with E-state index in [2.05, 4.69) is 15.5 Å². The lowest BCUT2D eigenvalue weighted by Gasteiger charge is -2.48. The molecule has 0 aromatic heterocycles. The zero-order valence-electron chi connectivity index (χ0n) is 15.4. The summed E-state index contributed by atoms with van der Waals surface area (Å²) in [6.07, 6.45) is 5.80. The van der Waals surface area contributed by atoms with Crippen molar-refractivity contribution < 1.29 is 18.7 Å². The molecule has 1 saturated carbocycles. The molecule has 2 amide bonds. The molecule has 0 radical (unpaired) electrons. The molecule has 0 unspecified atom stereocenters. The minimum atomic E-state index is -0.498. The van der Waals surface area contributed by atoms with Gasteiger partial charge < -0.3 is 20.1 Å². The quantitative estimate of drug-likeness (QED) is 0.842. The van der Waals surface area contributed by atoms with E-state index >= 15 is 0 Å². The minimum Gasteiger partial charge on any atom is -0.494 e.